The van der Waals surface area contributed by atoms with Crippen LogP contribution in [-0.4, -0.2) is 23.4 Å². The number of ether oxygens (including phenoxy) is 1. The molecule has 20 heavy (non-hydrogen) atoms. The third kappa shape index (κ3) is 1.98. The average Bonchev–Trinajstić information content (AvgIpc) is 3.17. The van der Waals surface area contributed by atoms with Gasteiger partial charge in [0, 0.05) is 18.1 Å². The molecular formula is C16H14N2O2. The fourth-order valence-electron chi connectivity index (χ4n) is 2.58. The predicted molar refractivity (Wildman–Crippen MR) is 75.4 cm³/mol. The maximum absolute atomic E-state index is 5.40. The number of fused-ring (bicyclic) bond motifs is 1. The van der Waals surface area contributed by atoms with Crippen molar-refractivity contribution in [2.45, 2.75) is 12.3 Å². The molecule has 1 fully saturated rings. The molecule has 2 aromatic carbocycles. The molecule has 4 nitrogen and oxygen atoms in total. The summed E-state index contributed by atoms with van der Waals surface area (Å²) in [4.78, 5) is 4.51. The Balaban J connectivity index is 1.71. The van der Waals surface area contributed by atoms with Crippen LogP contribution in [0.15, 0.2) is 47.0 Å². The predicted octanol–water partition coefficient (Wildman–Crippen LogP) is 3.39. The minimum atomic E-state index is 0.271. The molecule has 1 aliphatic rings. The van der Waals surface area contributed by atoms with E-state index in [2.05, 4.69) is 34.4 Å². The normalized spacial score (nSPS) is 18.7. The molecule has 0 spiro atoms. The molecule has 1 unspecified atom stereocenters. The lowest BCUT2D eigenvalue weighted by Crippen LogP contribution is -1.99. The Hall–Kier alpha value is -2.20. The second-order valence-corrected chi connectivity index (χ2v) is 5.08. The summed E-state index contributed by atoms with van der Waals surface area (Å²) < 4.78 is 10.8. The molecular weight excluding hydrogens is 252 g/mol. The molecule has 0 aliphatic carbocycles. The first-order valence-corrected chi connectivity index (χ1v) is 6.81. The van der Waals surface area contributed by atoms with Gasteiger partial charge in [0.25, 0.3) is 5.89 Å². The van der Waals surface area contributed by atoms with Crippen LogP contribution in [-0.2, 0) is 4.74 Å². The average molecular weight is 266 g/mol. The van der Waals surface area contributed by atoms with Gasteiger partial charge in [-0.15, -0.1) is 0 Å². The molecule has 4 heteroatoms. The van der Waals surface area contributed by atoms with E-state index in [1.54, 1.807) is 0 Å². The zero-order chi connectivity index (χ0) is 13.4. The van der Waals surface area contributed by atoms with Crippen LogP contribution in [0.5, 0.6) is 0 Å². The molecule has 1 aromatic heterocycles. The smallest absolute Gasteiger partial charge is 0.257 e. The van der Waals surface area contributed by atoms with Crippen LogP contribution >= 0.6 is 0 Å². The van der Waals surface area contributed by atoms with Crippen molar-refractivity contribution in [2.24, 2.45) is 0 Å². The third-order valence-corrected chi connectivity index (χ3v) is 3.73. The summed E-state index contributed by atoms with van der Waals surface area (Å²) in [5, 5.41) is 6.47. The first kappa shape index (κ1) is 11.6. The van der Waals surface area contributed by atoms with Crippen molar-refractivity contribution in [2.75, 3.05) is 13.2 Å². The van der Waals surface area contributed by atoms with E-state index in [9.17, 15) is 0 Å². The second-order valence-electron chi connectivity index (χ2n) is 5.08. The third-order valence-electron chi connectivity index (χ3n) is 3.73. The van der Waals surface area contributed by atoms with Gasteiger partial charge in [0.1, 0.15) is 0 Å². The summed E-state index contributed by atoms with van der Waals surface area (Å²) in [5.74, 6) is 1.61. The van der Waals surface area contributed by atoms with E-state index < -0.39 is 0 Å². The summed E-state index contributed by atoms with van der Waals surface area (Å²) >= 11 is 0. The highest BCUT2D eigenvalue weighted by Gasteiger charge is 2.23. The van der Waals surface area contributed by atoms with E-state index in [1.807, 2.05) is 18.2 Å². The molecule has 1 atom stereocenters. The molecule has 0 saturated carbocycles. The summed E-state index contributed by atoms with van der Waals surface area (Å²) in [6.07, 6.45) is 0.969. The largest absolute Gasteiger partial charge is 0.381 e. The molecule has 1 saturated heterocycles. The van der Waals surface area contributed by atoms with Crippen molar-refractivity contribution in [3.8, 4) is 11.5 Å². The highest BCUT2D eigenvalue weighted by atomic mass is 16.5. The summed E-state index contributed by atoms with van der Waals surface area (Å²) in [6, 6.07) is 14.4. The molecule has 100 valence electrons. The maximum Gasteiger partial charge on any atom is 0.257 e. The second kappa shape index (κ2) is 4.72. The number of nitrogens with zero attached hydrogens (tertiary/aromatic N) is 2. The van der Waals surface area contributed by atoms with Crippen LogP contribution in [0.2, 0.25) is 0 Å². The highest BCUT2D eigenvalue weighted by molar-refractivity contribution is 5.86. The van der Waals surface area contributed by atoms with Crippen LogP contribution in [0.4, 0.5) is 0 Å². The summed E-state index contributed by atoms with van der Waals surface area (Å²) in [7, 11) is 0. The zero-order valence-corrected chi connectivity index (χ0v) is 11.0. The number of hydrogen-bond donors (Lipinski definition) is 0. The lowest BCUT2D eigenvalue weighted by molar-refractivity contribution is 0.192. The standard InChI is InChI=1S/C16H14N2O2/c1-2-4-12-9-13(6-5-11(12)3-1)16-17-15(18-20-16)14-7-8-19-10-14/h1-6,9,14H,7-8,10H2. The first-order valence-electron chi connectivity index (χ1n) is 6.81. The quantitative estimate of drug-likeness (QED) is 0.713. The van der Waals surface area contributed by atoms with E-state index >= 15 is 0 Å². The van der Waals surface area contributed by atoms with Crippen LogP contribution in [0, 0.1) is 0 Å². The van der Waals surface area contributed by atoms with Crippen LogP contribution in [0.1, 0.15) is 18.2 Å². The molecule has 4 rings (SSSR count). The summed E-state index contributed by atoms with van der Waals surface area (Å²) in [6.45, 7) is 1.47. The molecule has 0 bridgehead atoms. The van der Waals surface area contributed by atoms with Gasteiger partial charge in [-0.2, -0.15) is 4.98 Å². The number of rotatable bonds is 2. The fourth-order valence-corrected chi connectivity index (χ4v) is 2.58. The lowest BCUT2D eigenvalue weighted by Gasteiger charge is -1.99. The van der Waals surface area contributed by atoms with Gasteiger partial charge in [-0.25, -0.2) is 0 Å². The van der Waals surface area contributed by atoms with E-state index in [4.69, 9.17) is 9.26 Å². The van der Waals surface area contributed by atoms with Gasteiger partial charge in [-0.1, -0.05) is 35.5 Å². The SMILES string of the molecule is c1ccc2cc(-c3nc(C4CCOC4)no3)ccc2c1. The van der Waals surface area contributed by atoms with Gasteiger partial charge in [-0.05, 0) is 29.3 Å². The highest BCUT2D eigenvalue weighted by Crippen LogP contribution is 2.27. The van der Waals surface area contributed by atoms with Gasteiger partial charge in [0.05, 0.1) is 6.61 Å². The van der Waals surface area contributed by atoms with Gasteiger partial charge >= 0.3 is 0 Å². The Bertz CT molecular complexity index is 745. The Labute approximate surface area is 116 Å². The molecule has 0 radical (unpaired) electrons. The summed E-state index contributed by atoms with van der Waals surface area (Å²) in [5.41, 5.74) is 0.960. The maximum atomic E-state index is 5.40. The van der Waals surface area contributed by atoms with Gasteiger partial charge < -0.3 is 9.26 Å². The van der Waals surface area contributed by atoms with E-state index in [-0.39, 0.29) is 5.92 Å². The molecule has 2 heterocycles. The van der Waals surface area contributed by atoms with E-state index in [1.165, 1.54) is 10.8 Å². The van der Waals surface area contributed by atoms with Crippen molar-refractivity contribution in [1.82, 2.24) is 10.1 Å². The van der Waals surface area contributed by atoms with Crippen molar-refractivity contribution in [3.63, 3.8) is 0 Å². The minimum Gasteiger partial charge on any atom is -0.381 e. The van der Waals surface area contributed by atoms with Gasteiger partial charge in [0.15, 0.2) is 5.82 Å². The number of benzene rings is 2. The Morgan fingerprint density at radius 1 is 1.05 bits per heavy atom. The van der Waals surface area contributed by atoms with Gasteiger partial charge in [0.2, 0.25) is 0 Å². The molecule has 0 amide bonds. The van der Waals surface area contributed by atoms with Crippen molar-refractivity contribution in [3.05, 3.63) is 48.3 Å². The van der Waals surface area contributed by atoms with Gasteiger partial charge in [-0.3, -0.25) is 0 Å². The van der Waals surface area contributed by atoms with Crippen molar-refractivity contribution >= 4 is 10.8 Å². The van der Waals surface area contributed by atoms with Crippen LogP contribution in [0.3, 0.4) is 0 Å². The number of aromatic nitrogens is 2. The minimum absolute atomic E-state index is 0.271. The Kier molecular flexibility index (Phi) is 2.74. The van der Waals surface area contributed by atoms with E-state index in [0.29, 0.717) is 12.5 Å². The van der Waals surface area contributed by atoms with E-state index in [0.717, 1.165) is 24.4 Å². The lowest BCUT2D eigenvalue weighted by atomic mass is 10.1. The topological polar surface area (TPSA) is 48.2 Å². The van der Waals surface area contributed by atoms with Crippen LogP contribution < -0.4 is 0 Å². The number of hydrogen-bond acceptors (Lipinski definition) is 4. The molecule has 1 aliphatic heterocycles. The zero-order valence-electron chi connectivity index (χ0n) is 11.0. The molecule has 3 aromatic rings. The fraction of sp³-hybridized carbons (Fsp3) is 0.250. The Morgan fingerprint density at radius 3 is 2.80 bits per heavy atom. The first-order chi connectivity index (χ1) is 9.90. The van der Waals surface area contributed by atoms with Crippen molar-refractivity contribution < 1.29 is 9.26 Å². The Morgan fingerprint density at radius 2 is 1.95 bits per heavy atom. The van der Waals surface area contributed by atoms with Crippen LogP contribution in [0.25, 0.3) is 22.2 Å². The molecule has 0 N–H and O–H groups in total. The van der Waals surface area contributed by atoms with Crippen molar-refractivity contribution in [1.29, 1.82) is 0 Å². The monoisotopic (exact) mass is 266 g/mol.